The van der Waals surface area contributed by atoms with E-state index in [0.29, 0.717) is 0 Å². The largest absolute Gasteiger partial charge is 0.464 e. The summed E-state index contributed by atoms with van der Waals surface area (Å²) in [4.78, 5) is 0. The SMILES string of the molecule is Cc1cc(Cl)ccc1O/C=C1\CCSc2c1c1ccccc1n2C. The zero-order valence-corrected chi connectivity index (χ0v) is 15.2. The van der Waals surface area contributed by atoms with E-state index in [9.17, 15) is 0 Å². The van der Waals surface area contributed by atoms with Crippen LogP contribution in [0.25, 0.3) is 16.5 Å². The predicted molar refractivity (Wildman–Crippen MR) is 103 cm³/mol. The topological polar surface area (TPSA) is 14.2 Å². The molecule has 2 nitrogen and oxygen atoms in total. The summed E-state index contributed by atoms with van der Waals surface area (Å²) in [5.74, 6) is 1.93. The number of hydrogen-bond donors (Lipinski definition) is 0. The van der Waals surface area contributed by atoms with Crippen LogP contribution in [0.5, 0.6) is 5.75 Å². The number of ether oxygens (including phenoxy) is 1. The molecule has 4 heteroatoms. The van der Waals surface area contributed by atoms with Crippen LogP contribution in [-0.4, -0.2) is 10.3 Å². The van der Waals surface area contributed by atoms with Gasteiger partial charge in [0.15, 0.2) is 0 Å². The summed E-state index contributed by atoms with van der Waals surface area (Å²) in [5.41, 5.74) is 4.89. The summed E-state index contributed by atoms with van der Waals surface area (Å²) >= 11 is 7.95. The lowest BCUT2D eigenvalue weighted by atomic mass is 10.0. The summed E-state index contributed by atoms with van der Waals surface area (Å²) in [6, 6.07) is 14.3. The van der Waals surface area contributed by atoms with Crippen molar-refractivity contribution in [3.05, 3.63) is 64.9 Å². The summed E-state index contributed by atoms with van der Waals surface area (Å²) in [6.07, 6.45) is 2.93. The van der Waals surface area contributed by atoms with E-state index < -0.39 is 0 Å². The molecule has 24 heavy (non-hydrogen) atoms. The van der Waals surface area contributed by atoms with Gasteiger partial charge in [-0.15, -0.1) is 11.8 Å². The van der Waals surface area contributed by atoms with E-state index in [1.165, 1.54) is 27.1 Å². The molecule has 3 aromatic rings. The molecule has 0 atom stereocenters. The number of rotatable bonds is 2. The maximum atomic E-state index is 6.02. The third-order valence-corrected chi connectivity index (χ3v) is 5.84. The van der Waals surface area contributed by atoms with Crippen LogP contribution >= 0.6 is 23.4 Å². The molecule has 1 aromatic heterocycles. The quantitative estimate of drug-likeness (QED) is 0.519. The second-order valence-electron chi connectivity index (χ2n) is 6.03. The first-order valence-corrected chi connectivity index (χ1v) is 9.34. The fraction of sp³-hybridized carbons (Fsp3) is 0.200. The molecule has 2 heterocycles. The van der Waals surface area contributed by atoms with Gasteiger partial charge in [-0.3, -0.25) is 0 Å². The second-order valence-corrected chi connectivity index (χ2v) is 7.55. The Morgan fingerprint density at radius 1 is 1.21 bits per heavy atom. The number of nitrogens with zero attached hydrogens (tertiary/aromatic N) is 1. The van der Waals surface area contributed by atoms with Gasteiger partial charge < -0.3 is 9.30 Å². The van der Waals surface area contributed by atoms with Crippen LogP contribution in [0, 0.1) is 6.92 Å². The zero-order valence-electron chi connectivity index (χ0n) is 13.7. The number of halogens is 1. The number of thioether (sulfide) groups is 1. The Hall–Kier alpha value is -1.84. The van der Waals surface area contributed by atoms with Crippen molar-refractivity contribution in [1.29, 1.82) is 0 Å². The van der Waals surface area contributed by atoms with E-state index in [1.54, 1.807) is 0 Å². The van der Waals surface area contributed by atoms with E-state index in [0.717, 1.165) is 28.5 Å². The van der Waals surface area contributed by atoms with E-state index in [2.05, 4.69) is 35.9 Å². The maximum absolute atomic E-state index is 6.02. The van der Waals surface area contributed by atoms with Gasteiger partial charge in [0.25, 0.3) is 0 Å². The van der Waals surface area contributed by atoms with Crippen molar-refractivity contribution < 1.29 is 4.74 Å². The van der Waals surface area contributed by atoms with E-state index in [4.69, 9.17) is 16.3 Å². The van der Waals surface area contributed by atoms with Crippen molar-refractivity contribution in [3.63, 3.8) is 0 Å². The summed E-state index contributed by atoms with van der Waals surface area (Å²) in [5, 5.41) is 3.35. The number of para-hydroxylation sites is 1. The fourth-order valence-corrected chi connectivity index (χ4v) is 4.65. The molecule has 0 saturated heterocycles. The molecule has 2 aromatic carbocycles. The minimum Gasteiger partial charge on any atom is -0.464 e. The van der Waals surface area contributed by atoms with E-state index >= 15 is 0 Å². The van der Waals surface area contributed by atoms with Gasteiger partial charge in [-0.25, -0.2) is 0 Å². The molecule has 1 aliphatic rings. The van der Waals surface area contributed by atoms with Crippen LogP contribution in [0.3, 0.4) is 0 Å². The fourth-order valence-electron chi connectivity index (χ4n) is 3.23. The van der Waals surface area contributed by atoms with Crippen LogP contribution in [-0.2, 0) is 7.05 Å². The molecule has 1 aliphatic heterocycles. The standard InChI is InChI=1S/C20H18ClNOS/c1-13-11-15(21)7-8-18(13)23-12-14-9-10-24-20-19(14)16-5-3-4-6-17(16)22(20)2/h3-8,11-12H,9-10H2,1-2H3/b14-12+. The molecule has 0 fully saturated rings. The van der Waals surface area contributed by atoms with Gasteiger partial charge >= 0.3 is 0 Å². The lowest BCUT2D eigenvalue weighted by Gasteiger charge is -2.17. The second kappa shape index (κ2) is 6.23. The molecule has 0 aliphatic carbocycles. The van der Waals surface area contributed by atoms with Crippen LogP contribution in [0.1, 0.15) is 17.5 Å². The summed E-state index contributed by atoms with van der Waals surface area (Å²) < 4.78 is 8.29. The van der Waals surface area contributed by atoms with Gasteiger partial charge in [-0.05, 0) is 48.7 Å². The van der Waals surface area contributed by atoms with E-state index in [-0.39, 0.29) is 0 Å². The van der Waals surface area contributed by atoms with Crippen LogP contribution in [0.2, 0.25) is 5.02 Å². The molecule has 0 unspecified atom stereocenters. The Labute approximate surface area is 151 Å². The average molecular weight is 356 g/mol. The first-order chi connectivity index (χ1) is 11.6. The van der Waals surface area contributed by atoms with Gasteiger partial charge in [0.2, 0.25) is 0 Å². The minimum absolute atomic E-state index is 0.734. The molecule has 0 saturated carbocycles. The third-order valence-electron chi connectivity index (χ3n) is 4.45. The van der Waals surface area contributed by atoms with Crippen molar-refractivity contribution >= 4 is 39.8 Å². The highest BCUT2D eigenvalue weighted by Gasteiger charge is 2.22. The number of fused-ring (bicyclic) bond motifs is 3. The van der Waals surface area contributed by atoms with Crippen molar-refractivity contribution in [2.24, 2.45) is 7.05 Å². The van der Waals surface area contributed by atoms with Crippen LogP contribution in [0.15, 0.2) is 53.8 Å². The highest BCUT2D eigenvalue weighted by Crippen LogP contribution is 2.43. The van der Waals surface area contributed by atoms with Crippen molar-refractivity contribution in [1.82, 2.24) is 4.57 Å². The van der Waals surface area contributed by atoms with E-state index in [1.807, 2.05) is 43.1 Å². The lowest BCUT2D eigenvalue weighted by Crippen LogP contribution is -2.01. The van der Waals surface area contributed by atoms with Gasteiger partial charge in [0, 0.05) is 34.3 Å². The first-order valence-electron chi connectivity index (χ1n) is 7.97. The molecule has 0 N–H and O–H groups in total. The predicted octanol–water partition coefficient (Wildman–Crippen LogP) is 6.06. The highest BCUT2D eigenvalue weighted by molar-refractivity contribution is 7.99. The smallest absolute Gasteiger partial charge is 0.129 e. The minimum atomic E-state index is 0.734. The molecule has 0 bridgehead atoms. The third kappa shape index (κ3) is 2.62. The first kappa shape index (κ1) is 15.7. The van der Waals surface area contributed by atoms with Crippen molar-refractivity contribution in [2.45, 2.75) is 18.4 Å². The van der Waals surface area contributed by atoms with Gasteiger partial charge in [0.05, 0.1) is 11.3 Å². The molecule has 4 rings (SSSR count). The molecule has 122 valence electrons. The Kier molecular flexibility index (Phi) is 4.07. The monoisotopic (exact) mass is 355 g/mol. The maximum Gasteiger partial charge on any atom is 0.129 e. The molecule has 0 amide bonds. The number of allylic oxidation sites excluding steroid dienone is 1. The number of aromatic nitrogens is 1. The summed E-state index contributed by atoms with van der Waals surface area (Å²) in [7, 11) is 2.14. The Balaban J connectivity index is 1.77. The van der Waals surface area contributed by atoms with Gasteiger partial charge in [-0.1, -0.05) is 29.8 Å². The molecular formula is C20H18ClNOS. The van der Waals surface area contributed by atoms with Gasteiger partial charge in [-0.2, -0.15) is 0 Å². The lowest BCUT2D eigenvalue weighted by molar-refractivity contribution is 0.478. The zero-order chi connectivity index (χ0) is 16.7. The van der Waals surface area contributed by atoms with Crippen molar-refractivity contribution in [3.8, 4) is 5.75 Å². The number of aryl methyl sites for hydroxylation is 2. The Morgan fingerprint density at radius 2 is 2.04 bits per heavy atom. The Bertz CT molecular complexity index is 958. The molecular weight excluding hydrogens is 338 g/mol. The molecule has 0 spiro atoms. The van der Waals surface area contributed by atoms with Gasteiger partial charge in [0.1, 0.15) is 5.75 Å². The number of benzene rings is 2. The Morgan fingerprint density at radius 3 is 2.88 bits per heavy atom. The average Bonchev–Trinajstić information content (AvgIpc) is 2.88. The van der Waals surface area contributed by atoms with Crippen LogP contribution < -0.4 is 4.74 Å². The normalized spacial score (nSPS) is 15.7. The number of hydrogen-bond acceptors (Lipinski definition) is 2. The summed E-state index contributed by atoms with van der Waals surface area (Å²) in [6.45, 7) is 2.01. The molecule has 0 radical (unpaired) electrons. The van der Waals surface area contributed by atoms with Crippen molar-refractivity contribution in [2.75, 3.05) is 5.75 Å². The highest BCUT2D eigenvalue weighted by atomic mass is 35.5. The van der Waals surface area contributed by atoms with Crippen LogP contribution in [0.4, 0.5) is 0 Å².